The van der Waals surface area contributed by atoms with Gasteiger partial charge in [0.25, 0.3) is 23.6 Å². The Labute approximate surface area is 184 Å². The van der Waals surface area contributed by atoms with Gasteiger partial charge in [-0.15, -0.1) is 19.6 Å². The molecule has 0 unspecified atom stereocenters. The molecule has 176 valence electrons. The first kappa shape index (κ1) is 27.1. The average Bonchev–Trinajstić information content (AvgIpc) is 2.78. The molecule has 12 heteroatoms. The van der Waals surface area contributed by atoms with E-state index >= 15 is 0 Å². The van der Waals surface area contributed by atoms with E-state index in [4.69, 9.17) is 0 Å². The number of nitrogens with zero attached hydrogens (tertiary/aromatic N) is 4. The van der Waals surface area contributed by atoms with E-state index in [-0.39, 0.29) is 12.8 Å². The molecule has 4 amide bonds. The Balaban J connectivity index is 3.75. The van der Waals surface area contributed by atoms with Crippen LogP contribution in [0.2, 0.25) is 0 Å². The van der Waals surface area contributed by atoms with E-state index in [2.05, 4.69) is 20.7 Å². The highest BCUT2D eigenvalue weighted by molar-refractivity contribution is 5.84. The maximum Gasteiger partial charge on any atom is 0.286 e. The van der Waals surface area contributed by atoms with Gasteiger partial charge in [-0.1, -0.05) is 51.4 Å². The van der Waals surface area contributed by atoms with Gasteiger partial charge in [0.05, 0.1) is 0 Å². The summed E-state index contributed by atoms with van der Waals surface area (Å²) in [4.78, 5) is 92.7. The minimum atomic E-state index is -1.58. The number of hydrogen-bond donors (Lipinski definition) is 0. The van der Waals surface area contributed by atoms with Gasteiger partial charge in [-0.25, -0.2) is 0 Å². The third-order valence-corrected chi connectivity index (χ3v) is 6.55. The molecule has 1 fully saturated rings. The van der Waals surface area contributed by atoms with Crippen LogP contribution in [0.3, 0.4) is 0 Å². The third-order valence-electron chi connectivity index (χ3n) is 6.55. The van der Waals surface area contributed by atoms with E-state index in [1.807, 2.05) is 0 Å². The van der Waals surface area contributed by atoms with Crippen LogP contribution in [0.25, 0.3) is 0 Å². The fourth-order valence-corrected chi connectivity index (χ4v) is 5.03. The molecule has 0 bridgehead atoms. The fraction of sp³-hybridized carbons (Fsp3) is 0.800. The van der Waals surface area contributed by atoms with Gasteiger partial charge in [0.2, 0.25) is 0 Å². The van der Waals surface area contributed by atoms with Gasteiger partial charge in [-0.2, -0.15) is 0 Å². The summed E-state index contributed by atoms with van der Waals surface area (Å²) in [7, 11) is 0. The number of carbonyl (C=O) groups excluding carboxylic acids is 4. The lowest BCUT2D eigenvalue weighted by Gasteiger charge is -2.49. The van der Waals surface area contributed by atoms with Crippen molar-refractivity contribution in [2.45, 2.75) is 89.9 Å². The quantitative estimate of drug-likeness (QED) is 0.477. The molecule has 1 aliphatic rings. The van der Waals surface area contributed by atoms with Crippen LogP contribution in [0.15, 0.2) is 20.7 Å². The molecule has 0 saturated heterocycles. The summed E-state index contributed by atoms with van der Waals surface area (Å²) in [5.74, 6) is -4.56. The minimum absolute atomic E-state index is 0.0772. The zero-order valence-corrected chi connectivity index (χ0v) is 18.0. The Hall–Kier alpha value is -2.92. The van der Waals surface area contributed by atoms with Crippen molar-refractivity contribution in [1.29, 1.82) is 0 Å². The molecular formula is C20H28N4O8. The van der Waals surface area contributed by atoms with E-state index in [1.165, 1.54) is 0 Å². The van der Waals surface area contributed by atoms with E-state index in [0.29, 0.717) is 25.7 Å². The normalized spacial score (nSPS) is 18.8. The lowest BCUT2D eigenvalue weighted by molar-refractivity contribution is -0.141. The second-order valence-corrected chi connectivity index (χ2v) is 8.54. The van der Waals surface area contributed by atoms with Gasteiger partial charge >= 0.3 is 0 Å². The van der Waals surface area contributed by atoms with Gasteiger partial charge in [0, 0.05) is 46.4 Å². The van der Waals surface area contributed by atoms with Crippen molar-refractivity contribution in [2.24, 2.45) is 31.5 Å². The summed E-state index contributed by atoms with van der Waals surface area (Å²) >= 11 is 0. The van der Waals surface area contributed by atoms with Crippen LogP contribution in [-0.4, -0.2) is 23.6 Å². The van der Waals surface area contributed by atoms with Crippen LogP contribution in [0.1, 0.15) is 89.9 Å². The summed E-state index contributed by atoms with van der Waals surface area (Å²) in [5, 5.41) is 9.62. The van der Waals surface area contributed by atoms with E-state index in [9.17, 15) is 38.8 Å². The lowest BCUT2D eigenvalue weighted by Crippen LogP contribution is -2.47. The zero-order chi connectivity index (χ0) is 24.0. The monoisotopic (exact) mass is 452 g/mol. The SMILES string of the molecule is O=NC(=O)CC1(CC(=O)N=O)CCCCCCCCCCC1(CC(=O)N=O)CC(=O)N=O. The van der Waals surface area contributed by atoms with Crippen LogP contribution in [0, 0.1) is 30.5 Å². The first-order valence-corrected chi connectivity index (χ1v) is 10.7. The highest BCUT2D eigenvalue weighted by Gasteiger charge is 2.55. The first-order valence-electron chi connectivity index (χ1n) is 10.7. The molecule has 0 aliphatic heterocycles. The Kier molecular flexibility index (Phi) is 11.4. The minimum Gasteiger partial charge on any atom is -0.269 e. The van der Waals surface area contributed by atoms with E-state index in [1.54, 1.807) is 0 Å². The third kappa shape index (κ3) is 7.65. The molecular weight excluding hydrogens is 424 g/mol. The fourth-order valence-electron chi connectivity index (χ4n) is 5.03. The van der Waals surface area contributed by atoms with Crippen molar-refractivity contribution in [2.75, 3.05) is 0 Å². The molecule has 12 nitrogen and oxygen atoms in total. The Bertz CT molecular complexity index is 646. The van der Waals surface area contributed by atoms with Gasteiger partial charge in [0.15, 0.2) is 0 Å². The van der Waals surface area contributed by atoms with Crippen LogP contribution >= 0.6 is 0 Å². The summed E-state index contributed by atoms with van der Waals surface area (Å²) in [6, 6.07) is 0. The van der Waals surface area contributed by atoms with Gasteiger partial charge in [-0.3, -0.25) is 19.2 Å². The predicted octanol–water partition coefficient (Wildman–Crippen LogP) is 4.61. The molecule has 0 aromatic heterocycles. The summed E-state index contributed by atoms with van der Waals surface area (Å²) in [5.41, 5.74) is -3.16. The van der Waals surface area contributed by atoms with Crippen molar-refractivity contribution in [3.05, 3.63) is 19.6 Å². The van der Waals surface area contributed by atoms with E-state index < -0.39 is 60.1 Å². The molecule has 0 aromatic rings. The number of amides is 4. The maximum atomic E-state index is 12.2. The molecule has 0 heterocycles. The van der Waals surface area contributed by atoms with Crippen molar-refractivity contribution < 1.29 is 19.2 Å². The van der Waals surface area contributed by atoms with E-state index in [0.717, 1.165) is 25.7 Å². The Morgan fingerprint density at radius 2 is 0.656 bits per heavy atom. The molecule has 32 heavy (non-hydrogen) atoms. The molecule has 0 spiro atoms. The standard InChI is InChI=1S/C20H28N4O8/c25-15(21-29)11-19(12-16(26)22-30)9-7-5-3-1-2-4-6-8-10-20(19,13-17(27)23-31)14-18(28)24-32/h1-14H2. The van der Waals surface area contributed by atoms with Crippen LogP contribution in [0.5, 0.6) is 0 Å². The number of hydrogen-bond acceptors (Lipinski definition) is 8. The molecule has 0 aromatic carbocycles. The number of carbonyl (C=O) groups is 4. The average molecular weight is 452 g/mol. The molecule has 1 saturated carbocycles. The molecule has 0 atom stereocenters. The zero-order valence-electron chi connectivity index (χ0n) is 18.0. The molecule has 1 aliphatic carbocycles. The Morgan fingerprint density at radius 3 is 0.875 bits per heavy atom. The van der Waals surface area contributed by atoms with Gasteiger partial charge < -0.3 is 0 Å². The second-order valence-electron chi connectivity index (χ2n) is 8.54. The van der Waals surface area contributed by atoms with Crippen molar-refractivity contribution in [1.82, 2.24) is 0 Å². The maximum absolute atomic E-state index is 12.2. The first-order chi connectivity index (χ1) is 15.3. The highest BCUT2D eigenvalue weighted by Crippen LogP contribution is 2.57. The molecule has 1 rings (SSSR count). The summed E-state index contributed by atoms with van der Waals surface area (Å²) in [6.45, 7) is 0. The predicted molar refractivity (Wildman–Crippen MR) is 113 cm³/mol. The molecule has 0 N–H and O–H groups in total. The van der Waals surface area contributed by atoms with Gasteiger partial charge in [0.1, 0.15) is 0 Å². The van der Waals surface area contributed by atoms with Crippen LogP contribution in [0.4, 0.5) is 0 Å². The van der Waals surface area contributed by atoms with Crippen LogP contribution < -0.4 is 0 Å². The Morgan fingerprint density at radius 1 is 0.438 bits per heavy atom. The summed E-state index contributed by atoms with van der Waals surface area (Å²) in [6.07, 6.45) is 3.59. The topological polar surface area (TPSA) is 186 Å². The number of nitroso groups, excluding NO2 is 4. The van der Waals surface area contributed by atoms with Crippen molar-refractivity contribution in [3.8, 4) is 0 Å². The van der Waals surface area contributed by atoms with Crippen LogP contribution in [-0.2, 0) is 19.2 Å². The largest absolute Gasteiger partial charge is 0.286 e. The highest BCUT2D eigenvalue weighted by atomic mass is 16.3. The second kappa shape index (κ2) is 13.5. The molecule has 0 radical (unpaired) electrons. The number of rotatable bonds is 8. The smallest absolute Gasteiger partial charge is 0.269 e. The van der Waals surface area contributed by atoms with Crippen molar-refractivity contribution in [3.63, 3.8) is 0 Å². The summed E-state index contributed by atoms with van der Waals surface area (Å²) < 4.78 is 0. The van der Waals surface area contributed by atoms with Crippen molar-refractivity contribution >= 4 is 23.6 Å². The lowest BCUT2D eigenvalue weighted by atomic mass is 9.52. The van der Waals surface area contributed by atoms with Gasteiger partial charge in [-0.05, 0) is 23.7 Å².